The number of carboxylic acids is 2. The average molecular weight is 347 g/mol. The molecule has 6 N–H and O–H groups in total. The first-order valence-electron chi connectivity index (χ1n) is 9.52. The maximum absolute atomic E-state index is 9.77. The molecule has 0 atom stereocenters. The first-order chi connectivity index (χ1) is 11.5. The molecule has 0 amide bonds. The van der Waals surface area contributed by atoms with Crippen LogP contribution in [-0.2, 0) is 9.59 Å². The van der Waals surface area contributed by atoms with Crippen molar-refractivity contribution in [3.8, 4) is 0 Å². The fourth-order valence-corrected chi connectivity index (χ4v) is 2.31. The van der Waals surface area contributed by atoms with Crippen LogP contribution in [0.3, 0.4) is 0 Å². The first-order valence-corrected chi connectivity index (χ1v) is 9.52. The zero-order valence-electron chi connectivity index (χ0n) is 15.4. The van der Waals surface area contributed by atoms with Crippen molar-refractivity contribution in [2.24, 2.45) is 0 Å². The number of hydrogen-bond acceptors (Lipinski definition) is 4. The van der Waals surface area contributed by atoms with Gasteiger partial charge in [0.1, 0.15) is 0 Å². The van der Waals surface area contributed by atoms with Crippen LogP contribution < -0.4 is 21.7 Å². The summed E-state index contributed by atoms with van der Waals surface area (Å²) < 4.78 is 0. The number of unbranched alkanes of at least 4 members (excludes halogenated alkanes) is 10. The molecule has 0 fully saturated rings. The largest absolute Gasteiger partial charge is 0.550 e. The van der Waals surface area contributed by atoms with Crippen molar-refractivity contribution >= 4 is 11.9 Å². The molecule has 0 heterocycles. The van der Waals surface area contributed by atoms with Gasteiger partial charge in [0.15, 0.2) is 0 Å². The van der Waals surface area contributed by atoms with Crippen molar-refractivity contribution in [1.29, 1.82) is 0 Å². The molecule has 0 saturated heterocycles. The second-order valence-corrected chi connectivity index (χ2v) is 6.19. The van der Waals surface area contributed by atoms with Gasteiger partial charge >= 0.3 is 0 Å². The van der Waals surface area contributed by atoms with Crippen molar-refractivity contribution in [1.82, 2.24) is 0 Å². The monoisotopic (exact) mass is 346 g/mol. The molecule has 24 heavy (non-hydrogen) atoms. The van der Waals surface area contributed by atoms with Gasteiger partial charge in [-0.25, -0.2) is 0 Å². The molecule has 0 saturated carbocycles. The Kier molecular flexibility index (Phi) is 22.9. The van der Waals surface area contributed by atoms with Crippen molar-refractivity contribution in [2.45, 2.75) is 89.9 Å². The molecule has 0 aliphatic rings. The van der Waals surface area contributed by atoms with Crippen LogP contribution in [0.25, 0.3) is 0 Å². The Morgan fingerprint density at radius 1 is 0.500 bits per heavy atom. The Balaban J connectivity index is 0. The summed E-state index contributed by atoms with van der Waals surface area (Å²) in [5, 5.41) is 19.5. The van der Waals surface area contributed by atoms with Crippen LogP contribution in [0, 0.1) is 0 Å². The summed E-state index contributed by atoms with van der Waals surface area (Å²) in [5.74, 6) is -2.28. The van der Waals surface area contributed by atoms with Gasteiger partial charge in [-0.15, -0.1) is 0 Å². The zero-order chi connectivity index (χ0) is 18.5. The highest BCUT2D eigenvalue weighted by molar-refractivity contribution is 5.65. The lowest BCUT2D eigenvalue weighted by molar-refractivity contribution is -0.368. The number of hydrogen-bond donors (Lipinski definition) is 2. The first kappa shape index (κ1) is 25.1. The highest BCUT2D eigenvalue weighted by atomic mass is 16.4. The molecule has 0 bridgehead atoms. The molecule has 0 spiro atoms. The summed E-state index contributed by atoms with van der Waals surface area (Å²) in [5.41, 5.74) is 7.71. The Labute approximate surface area is 147 Å². The van der Waals surface area contributed by atoms with Gasteiger partial charge in [-0.3, -0.25) is 0 Å². The predicted molar refractivity (Wildman–Crippen MR) is 90.2 cm³/mol. The van der Waals surface area contributed by atoms with E-state index in [1.807, 2.05) is 0 Å². The van der Waals surface area contributed by atoms with Crippen LogP contribution in [0.15, 0.2) is 0 Å². The van der Waals surface area contributed by atoms with E-state index in [0.717, 1.165) is 13.1 Å². The normalized spacial score (nSPS) is 10.1. The van der Waals surface area contributed by atoms with E-state index in [0.29, 0.717) is 12.8 Å². The molecule has 0 radical (unpaired) electrons. The number of quaternary nitrogens is 2. The molecule has 0 aromatic carbocycles. The van der Waals surface area contributed by atoms with E-state index in [-0.39, 0.29) is 12.8 Å². The minimum absolute atomic E-state index is 0.0761. The van der Waals surface area contributed by atoms with E-state index in [2.05, 4.69) is 11.5 Å². The standard InChI is InChI=1S/C12H28N2.C6H10O4/c13-11-9-7-5-3-1-2-4-6-8-10-12-14;7-5(8)3-1-2-4-6(9)10/h1-14H2;1-4H2,(H,7,8)(H,9,10). The lowest BCUT2D eigenvalue weighted by Gasteiger charge is -2.01. The Hall–Kier alpha value is -1.14. The average Bonchev–Trinajstić information content (AvgIpc) is 2.54. The fraction of sp³-hybridized carbons (Fsp3) is 0.889. The number of carbonyl (C=O) groups excluding carboxylic acids is 2. The molecule has 144 valence electrons. The third-order valence-corrected chi connectivity index (χ3v) is 3.76. The van der Waals surface area contributed by atoms with Crippen LogP contribution in [0.4, 0.5) is 0 Å². The summed E-state index contributed by atoms with van der Waals surface area (Å²) in [4.78, 5) is 19.5. The molecule has 0 aliphatic heterocycles. The predicted octanol–water partition coefficient (Wildman–Crippen LogP) is -0.582. The molecule has 0 aromatic rings. The molecular formula is C18H38N2O4. The van der Waals surface area contributed by atoms with E-state index in [9.17, 15) is 19.8 Å². The lowest BCUT2D eigenvalue weighted by atomic mass is 10.1. The number of carbonyl (C=O) groups is 2. The summed E-state index contributed by atoms with van der Waals surface area (Å²) in [6.45, 7) is 2.23. The number of carboxylic acid groups (broad SMARTS) is 2. The van der Waals surface area contributed by atoms with Gasteiger partial charge in [-0.1, -0.05) is 38.5 Å². The van der Waals surface area contributed by atoms with E-state index < -0.39 is 11.9 Å². The molecule has 6 nitrogen and oxygen atoms in total. The van der Waals surface area contributed by atoms with Crippen molar-refractivity contribution in [2.75, 3.05) is 13.1 Å². The quantitative estimate of drug-likeness (QED) is 0.361. The smallest absolute Gasteiger partial charge is 0.0739 e. The van der Waals surface area contributed by atoms with E-state index in [1.165, 1.54) is 64.2 Å². The molecule has 6 heteroatoms. The van der Waals surface area contributed by atoms with Crippen LogP contribution in [0.5, 0.6) is 0 Å². The van der Waals surface area contributed by atoms with Gasteiger partial charge in [0.05, 0.1) is 13.1 Å². The number of aliphatic carboxylic acids is 2. The van der Waals surface area contributed by atoms with E-state index in [4.69, 9.17) is 0 Å². The van der Waals surface area contributed by atoms with Gasteiger partial charge < -0.3 is 31.3 Å². The highest BCUT2D eigenvalue weighted by Gasteiger charge is 1.92. The van der Waals surface area contributed by atoms with Gasteiger partial charge in [0, 0.05) is 11.9 Å². The molecule has 0 rings (SSSR count). The van der Waals surface area contributed by atoms with Crippen LogP contribution in [0.2, 0.25) is 0 Å². The third kappa shape index (κ3) is 28.9. The van der Waals surface area contributed by atoms with Gasteiger partial charge in [-0.2, -0.15) is 0 Å². The topological polar surface area (TPSA) is 136 Å². The van der Waals surface area contributed by atoms with Crippen LogP contribution in [-0.4, -0.2) is 25.0 Å². The van der Waals surface area contributed by atoms with Gasteiger partial charge in [0.25, 0.3) is 0 Å². The SMILES string of the molecule is O=C([O-])CCCCC(=O)[O-].[NH3+]CCCCCCCCCCCC[NH3+]. The second kappa shape index (κ2) is 21.9. The minimum atomic E-state index is -1.14. The maximum Gasteiger partial charge on any atom is 0.0739 e. The molecular weight excluding hydrogens is 308 g/mol. The summed E-state index contributed by atoms with van der Waals surface area (Å²) >= 11 is 0. The fourth-order valence-electron chi connectivity index (χ4n) is 2.31. The molecule has 0 aromatic heterocycles. The van der Waals surface area contributed by atoms with Crippen LogP contribution in [0.1, 0.15) is 89.9 Å². The number of rotatable bonds is 16. The van der Waals surface area contributed by atoms with E-state index in [1.54, 1.807) is 0 Å². The van der Waals surface area contributed by atoms with Crippen molar-refractivity contribution < 1.29 is 31.3 Å². The molecule has 0 aliphatic carbocycles. The summed E-state index contributed by atoms with van der Waals surface area (Å²) in [6.07, 6.45) is 14.6. The molecule has 0 unspecified atom stereocenters. The Morgan fingerprint density at radius 3 is 0.958 bits per heavy atom. The maximum atomic E-state index is 9.77. The van der Waals surface area contributed by atoms with Crippen LogP contribution >= 0.6 is 0 Å². The minimum Gasteiger partial charge on any atom is -0.550 e. The van der Waals surface area contributed by atoms with E-state index >= 15 is 0 Å². The highest BCUT2D eigenvalue weighted by Crippen LogP contribution is 2.09. The zero-order valence-corrected chi connectivity index (χ0v) is 15.4. The summed E-state index contributed by atoms with van der Waals surface area (Å²) in [7, 11) is 0. The Morgan fingerprint density at radius 2 is 0.750 bits per heavy atom. The second-order valence-electron chi connectivity index (χ2n) is 6.19. The van der Waals surface area contributed by atoms with Gasteiger partial charge in [-0.05, 0) is 51.4 Å². The summed E-state index contributed by atoms with van der Waals surface area (Å²) in [6, 6.07) is 0. The third-order valence-electron chi connectivity index (χ3n) is 3.76. The lowest BCUT2D eigenvalue weighted by Crippen LogP contribution is -2.50. The Bertz CT molecular complexity index is 258. The van der Waals surface area contributed by atoms with Crippen molar-refractivity contribution in [3.05, 3.63) is 0 Å². The van der Waals surface area contributed by atoms with Gasteiger partial charge in [0.2, 0.25) is 0 Å². The van der Waals surface area contributed by atoms with Crippen molar-refractivity contribution in [3.63, 3.8) is 0 Å².